The van der Waals surface area contributed by atoms with Crippen molar-refractivity contribution in [2.45, 2.75) is 32.5 Å². The number of para-hydroxylation sites is 1. The first-order valence-electron chi connectivity index (χ1n) is 10.2. The molecule has 2 N–H and O–H groups in total. The van der Waals surface area contributed by atoms with E-state index in [-0.39, 0.29) is 11.9 Å². The minimum atomic E-state index is 0.0444. The highest BCUT2D eigenvalue weighted by Gasteiger charge is 2.31. The molecule has 1 unspecified atom stereocenters. The molecule has 1 amide bonds. The van der Waals surface area contributed by atoms with Gasteiger partial charge in [-0.15, -0.1) is 0 Å². The second-order valence-electron chi connectivity index (χ2n) is 7.63. The van der Waals surface area contributed by atoms with Crippen molar-refractivity contribution in [2.24, 2.45) is 4.99 Å². The van der Waals surface area contributed by atoms with Crippen LogP contribution in [0, 0.1) is 0 Å². The summed E-state index contributed by atoms with van der Waals surface area (Å²) < 4.78 is 0. The van der Waals surface area contributed by atoms with E-state index in [0.717, 1.165) is 30.3 Å². The van der Waals surface area contributed by atoms with Crippen molar-refractivity contribution in [3.05, 3.63) is 65.7 Å². The molecule has 1 aliphatic rings. The molecule has 0 saturated carbocycles. The summed E-state index contributed by atoms with van der Waals surface area (Å²) in [6.07, 6.45) is 0.471. The fourth-order valence-corrected chi connectivity index (χ4v) is 3.46. The number of carbonyl (C=O) groups is 1. The summed E-state index contributed by atoms with van der Waals surface area (Å²) in [6.45, 7) is 4.99. The molecule has 6 nitrogen and oxygen atoms in total. The smallest absolute Gasteiger partial charge is 0.229 e. The minimum absolute atomic E-state index is 0.0444. The van der Waals surface area contributed by atoms with Crippen LogP contribution in [0.4, 0.5) is 5.69 Å². The molecule has 154 valence electrons. The minimum Gasteiger partial charge on any atom is -0.357 e. The van der Waals surface area contributed by atoms with E-state index in [9.17, 15) is 4.79 Å². The molecule has 3 rings (SSSR count). The Balaban J connectivity index is 1.60. The third-order valence-corrected chi connectivity index (χ3v) is 4.82. The molecule has 1 saturated heterocycles. The van der Waals surface area contributed by atoms with Crippen molar-refractivity contribution >= 4 is 17.6 Å². The normalized spacial score (nSPS) is 17.1. The van der Waals surface area contributed by atoms with Gasteiger partial charge in [0.15, 0.2) is 5.96 Å². The third kappa shape index (κ3) is 6.06. The lowest BCUT2D eigenvalue weighted by Crippen LogP contribution is -2.44. The van der Waals surface area contributed by atoms with E-state index in [0.29, 0.717) is 19.5 Å². The van der Waals surface area contributed by atoms with E-state index < -0.39 is 0 Å². The summed E-state index contributed by atoms with van der Waals surface area (Å²) >= 11 is 0. The van der Waals surface area contributed by atoms with Crippen molar-refractivity contribution in [1.29, 1.82) is 0 Å². The highest BCUT2D eigenvalue weighted by Crippen LogP contribution is 2.21. The maximum Gasteiger partial charge on any atom is 0.229 e. The molecule has 0 bridgehead atoms. The predicted octanol–water partition coefficient (Wildman–Crippen LogP) is 2.61. The maximum absolute atomic E-state index is 12.4. The van der Waals surface area contributed by atoms with Crippen LogP contribution in [0.25, 0.3) is 0 Å². The molecule has 29 heavy (non-hydrogen) atoms. The van der Waals surface area contributed by atoms with Crippen LogP contribution in [0.15, 0.2) is 59.6 Å². The van der Waals surface area contributed by atoms with Crippen LogP contribution in [-0.2, 0) is 17.9 Å². The molecule has 1 fully saturated rings. The Morgan fingerprint density at radius 3 is 2.45 bits per heavy atom. The largest absolute Gasteiger partial charge is 0.357 e. The molecule has 6 heteroatoms. The zero-order valence-electron chi connectivity index (χ0n) is 17.6. The Kier molecular flexibility index (Phi) is 7.25. The van der Waals surface area contributed by atoms with E-state index in [1.165, 1.54) is 5.56 Å². The summed E-state index contributed by atoms with van der Waals surface area (Å²) in [5, 5.41) is 6.71. The van der Waals surface area contributed by atoms with Crippen LogP contribution in [0.1, 0.15) is 24.5 Å². The molecule has 0 aliphatic carbocycles. The van der Waals surface area contributed by atoms with E-state index >= 15 is 0 Å². The molecular formula is C23H31N5O. The summed E-state index contributed by atoms with van der Waals surface area (Å²) in [4.78, 5) is 21.1. The summed E-state index contributed by atoms with van der Waals surface area (Å²) in [6, 6.07) is 18.4. The van der Waals surface area contributed by atoms with E-state index in [1.807, 2.05) is 42.2 Å². The predicted molar refractivity (Wildman–Crippen MR) is 119 cm³/mol. The summed E-state index contributed by atoms with van der Waals surface area (Å²) in [5.41, 5.74) is 3.40. The maximum atomic E-state index is 12.4. The zero-order chi connectivity index (χ0) is 20.6. The highest BCUT2D eigenvalue weighted by atomic mass is 16.2. The standard InChI is InChI=1S/C23H31N5O/c1-4-24-23(25-15-18-10-12-19(13-11-18)16-27(2)3)26-20-14-22(29)28(17-20)21-8-6-5-7-9-21/h5-13,20H,4,14-17H2,1-3H3,(H2,24,25,26). The lowest BCUT2D eigenvalue weighted by Gasteiger charge is -2.19. The second kappa shape index (κ2) is 10.1. The van der Waals surface area contributed by atoms with Gasteiger partial charge in [-0.2, -0.15) is 0 Å². The molecule has 2 aromatic rings. The van der Waals surface area contributed by atoms with Crippen molar-refractivity contribution in [3.8, 4) is 0 Å². The van der Waals surface area contributed by atoms with E-state index in [2.05, 4.69) is 53.9 Å². The molecule has 0 aromatic heterocycles. The number of benzene rings is 2. The number of aliphatic imine (C=N–C) groups is 1. The zero-order valence-corrected chi connectivity index (χ0v) is 17.6. The Morgan fingerprint density at radius 1 is 1.10 bits per heavy atom. The number of nitrogens with one attached hydrogen (secondary N) is 2. The van der Waals surface area contributed by atoms with Crippen LogP contribution in [0.2, 0.25) is 0 Å². The van der Waals surface area contributed by atoms with Crippen molar-refractivity contribution in [3.63, 3.8) is 0 Å². The Labute approximate surface area is 173 Å². The van der Waals surface area contributed by atoms with Crippen molar-refractivity contribution in [2.75, 3.05) is 32.1 Å². The summed E-state index contributed by atoms with van der Waals surface area (Å²) in [7, 11) is 4.14. The van der Waals surface area contributed by atoms with Crippen LogP contribution in [0.5, 0.6) is 0 Å². The van der Waals surface area contributed by atoms with Gasteiger partial charge in [0.1, 0.15) is 0 Å². The second-order valence-corrected chi connectivity index (χ2v) is 7.63. The fourth-order valence-electron chi connectivity index (χ4n) is 3.46. The van der Waals surface area contributed by atoms with Gasteiger partial charge in [-0.3, -0.25) is 4.79 Å². The van der Waals surface area contributed by atoms with Crippen molar-refractivity contribution < 1.29 is 4.79 Å². The van der Waals surface area contributed by atoms with Crippen LogP contribution < -0.4 is 15.5 Å². The van der Waals surface area contributed by atoms with Gasteiger partial charge < -0.3 is 20.4 Å². The molecular weight excluding hydrogens is 362 g/mol. The molecule has 1 atom stereocenters. The third-order valence-electron chi connectivity index (χ3n) is 4.82. The number of nitrogens with zero attached hydrogens (tertiary/aromatic N) is 3. The van der Waals surface area contributed by atoms with Crippen LogP contribution >= 0.6 is 0 Å². The van der Waals surface area contributed by atoms with Gasteiger partial charge in [0.2, 0.25) is 5.91 Å². The number of guanidine groups is 1. The first kappa shape index (κ1) is 20.9. The van der Waals surface area contributed by atoms with Gasteiger partial charge in [0, 0.05) is 31.7 Å². The molecule has 1 heterocycles. The first-order valence-corrected chi connectivity index (χ1v) is 10.2. The summed E-state index contributed by atoms with van der Waals surface area (Å²) in [5.74, 6) is 0.888. The lowest BCUT2D eigenvalue weighted by molar-refractivity contribution is -0.117. The fraction of sp³-hybridized carbons (Fsp3) is 0.391. The Morgan fingerprint density at radius 2 is 1.79 bits per heavy atom. The van der Waals surface area contributed by atoms with Crippen LogP contribution in [0.3, 0.4) is 0 Å². The quantitative estimate of drug-likeness (QED) is 0.561. The van der Waals surface area contributed by atoms with Crippen molar-refractivity contribution in [1.82, 2.24) is 15.5 Å². The molecule has 1 aliphatic heterocycles. The number of rotatable bonds is 7. The lowest BCUT2D eigenvalue weighted by atomic mass is 10.1. The van der Waals surface area contributed by atoms with Crippen LogP contribution in [-0.4, -0.2) is 50.0 Å². The number of hydrogen-bond donors (Lipinski definition) is 2. The van der Waals surface area contributed by atoms with Gasteiger partial charge in [-0.1, -0.05) is 42.5 Å². The molecule has 2 aromatic carbocycles. The first-order chi connectivity index (χ1) is 14.0. The van der Waals surface area contributed by atoms with Gasteiger partial charge in [0.05, 0.1) is 12.6 Å². The average Bonchev–Trinajstić information content (AvgIpc) is 3.08. The topological polar surface area (TPSA) is 60.0 Å². The van der Waals surface area contributed by atoms with E-state index in [4.69, 9.17) is 4.99 Å². The highest BCUT2D eigenvalue weighted by molar-refractivity contribution is 5.97. The Hall–Kier alpha value is -2.86. The monoisotopic (exact) mass is 393 g/mol. The van der Waals surface area contributed by atoms with Gasteiger partial charge in [0.25, 0.3) is 0 Å². The average molecular weight is 394 g/mol. The number of carbonyl (C=O) groups excluding carboxylic acids is 1. The molecule has 0 radical (unpaired) electrons. The number of anilines is 1. The Bertz CT molecular complexity index is 817. The molecule has 0 spiro atoms. The SMILES string of the molecule is CCNC(=NCc1ccc(CN(C)C)cc1)NC1CC(=O)N(c2ccccc2)C1. The van der Waals surface area contributed by atoms with Gasteiger partial charge in [-0.25, -0.2) is 4.99 Å². The van der Waals surface area contributed by atoms with Gasteiger partial charge >= 0.3 is 0 Å². The number of hydrogen-bond acceptors (Lipinski definition) is 3. The number of amides is 1. The van der Waals surface area contributed by atoms with E-state index in [1.54, 1.807) is 0 Å². The van der Waals surface area contributed by atoms with Gasteiger partial charge in [-0.05, 0) is 44.3 Å².